The first-order chi connectivity index (χ1) is 5.88. The van der Waals surface area contributed by atoms with Gasteiger partial charge < -0.3 is 5.32 Å². The maximum atomic E-state index is 4.71. The van der Waals surface area contributed by atoms with Crippen LogP contribution in [0, 0.1) is 0 Å². The smallest absolute Gasteiger partial charge is 0.0697 e. The molecule has 0 radical (unpaired) electrons. The van der Waals surface area contributed by atoms with E-state index in [1.54, 1.807) is 0 Å². The molecule has 1 atom stereocenters. The summed E-state index contributed by atoms with van der Waals surface area (Å²) in [4.78, 5) is 0. The summed E-state index contributed by atoms with van der Waals surface area (Å²) in [5, 5.41) is 3.02. The quantitative estimate of drug-likeness (QED) is 0.560. The lowest BCUT2D eigenvalue weighted by atomic mass is 10.1. The molecule has 0 bridgehead atoms. The van der Waals surface area contributed by atoms with Crippen LogP contribution >= 0.6 is 12.2 Å². The highest BCUT2D eigenvalue weighted by Gasteiger charge is 2.01. The number of benzene rings is 1. The lowest BCUT2D eigenvalue weighted by Crippen LogP contribution is -2.15. The molecule has 0 amide bonds. The fraction of sp³-hybridized carbons (Fsp3) is 0.100. The molecule has 2 heteroatoms. The molecule has 0 aliphatic carbocycles. The maximum absolute atomic E-state index is 4.71. The zero-order valence-corrected chi connectivity index (χ0v) is 7.55. The molecule has 0 saturated heterocycles. The normalized spacial score (nSPS) is 11.7. The third kappa shape index (κ3) is 2.17. The fourth-order valence-corrected chi connectivity index (χ4v) is 1.18. The molecule has 0 aliphatic rings. The van der Waals surface area contributed by atoms with Crippen LogP contribution in [0.15, 0.2) is 43.0 Å². The molecular weight excluding hydrogens is 166 g/mol. The van der Waals surface area contributed by atoms with Gasteiger partial charge in [-0.15, -0.1) is 6.58 Å². The number of hydrogen-bond donors (Lipinski definition) is 1. The van der Waals surface area contributed by atoms with Crippen molar-refractivity contribution in [1.29, 1.82) is 0 Å². The van der Waals surface area contributed by atoms with Crippen LogP contribution in [0.2, 0.25) is 0 Å². The maximum Gasteiger partial charge on any atom is 0.0697 e. The Hall–Kier alpha value is -1.15. The summed E-state index contributed by atoms with van der Waals surface area (Å²) in [6, 6.07) is 10.2. The van der Waals surface area contributed by atoms with E-state index in [-0.39, 0.29) is 6.04 Å². The monoisotopic (exact) mass is 177 g/mol. The van der Waals surface area contributed by atoms with Crippen molar-refractivity contribution in [3.8, 4) is 0 Å². The van der Waals surface area contributed by atoms with Crippen LogP contribution in [0.1, 0.15) is 11.6 Å². The molecule has 1 nitrogen and oxygen atoms in total. The van der Waals surface area contributed by atoms with Gasteiger partial charge in [0, 0.05) is 0 Å². The summed E-state index contributed by atoms with van der Waals surface area (Å²) < 4.78 is 0. The van der Waals surface area contributed by atoms with Gasteiger partial charge in [0.2, 0.25) is 0 Å². The van der Waals surface area contributed by atoms with E-state index in [2.05, 4.69) is 11.9 Å². The van der Waals surface area contributed by atoms with Crippen LogP contribution < -0.4 is 5.32 Å². The van der Waals surface area contributed by atoms with E-state index >= 15 is 0 Å². The van der Waals surface area contributed by atoms with Crippen LogP contribution in [0.5, 0.6) is 0 Å². The summed E-state index contributed by atoms with van der Waals surface area (Å²) in [5.41, 5.74) is 2.69. The van der Waals surface area contributed by atoms with E-state index < -0.39 is 0 Å². The minimum atomic E-state index is 0.128. The molecule has 1 unspecified atom stereocenters. The minimum Gasteiger partial charge on any atom is -0.372 e. The van der Waals surface area contributed by atoms with Crippen molar-refractivity contribution in [3.63, 3.8) is 0 Å². The summed E-state index contributed by atoms with van der Waals surface area (Å²) in [5.74, 6) is 0. The third-order valence-electron chi connectivity index (χ3n) is 1.64. The molecule has 1 aromatic carbocycles. The van der Waals surface area contributed by atoms with Gasteiger partial charge in [0.1, 0.15) is 0 Å². The number of nitrogens with one attached hydrogen (secondary N) is 1. The van der Waals surface area contributed by atoms with Crippen LogP contribution in [0.4, 0.5) is 0 Å². The molecule has 0 fully saturated rings. The standard InChI is InChI=1S/C10H11NS/c1-2-10(11-8-12)9-6-4-3-5-7-9/h2-8,10H,1H2,(H,11,12). The van der Waals surface area contributed by atoms with E-state index in [0.29, 0.717) is 0 Å². The number of hydrogen-bond acceptors (Lipinski definition) is 1. The summed E-state index contributed by atoms with van der Waals surface area (Å²) in [6.45, 7) is 3.73. The highest BCUT2D eigenvalue weighted by Crippen LogP contribution is 2.11. The Morgan fingerprint density at radius 3 is 2.50 bits per heavy atom. The SMILES string of the molecule is C=CC(NC=S)c1ccccc1. The highest BCUT2D eigenvalue weighted by molar-refractivity contribution is 7.78. The molecule has 12 heavy (non-hydrogen) atoms. The van der Waals surface area contributed by atoms with Gasteiger partial charge in [0.05, 0.1) is 11.5 Å². The van der Waals surface area contributed by atoms with Crippen LogP contribution in [0.3, 0.4) is 0 Å². The van der Waals surface area contributed by atoms with E-state index in [0.717, 1.165) is 0 Å². The van der Waals surface area contributed by atoms with E-state index in [1.807, 2.05) is 36.4 Å². The van der Waals surface area contributed by atoms with Crippen molar-refractivity contribution in [1.82, 2.24) is 5.32 Å². The largest absolute Gasteiger partial charge is 0.372 e. The Balaban J connectivity index is 2.79. The van der Waals surface area contributed by atoms with Crippen molar-refractivity contribution in [2.24, 2.45) is 0 Å². The first-order valence-corrected chi connectivity index (χ1v) is 4.23. The zero-order valence-electron chi connectivity index (χ0n) is 6.73. The van der Waals surface area contributed by atoms with Crippen molar-refractivity contribution in [3.05, 3.63) is 48.6 Å². The Labute approximate surface area is 78.1 Å². The van der Waals surface area contributed by atoms with Crippen molar-refractivity contribution < 1.29 is 0 Å². The summed E-state index contributed by atoms with van der Waals surface area (Å²) in [6.07, 6.45) is 1.83. The van der Waals surface area contributed by atoms with Gasteiger partial charge in [-0.1, -0.05) is 48.6 Å². The van der Waals surface area contributed by atoms with Crippen LogP contribution in [0.25, 0.3) is 0 Å². The summed E-state index contributed by atoms with van der Waals surface area (Å²) >= 11 is 4.71. The van der Waals surface area contributed by atoms with E-state index in [9.17, 15) is 0 Å². The molecule has 0 heterocycles. The Kier molecular flexibility index (Phi) is 3.48. The second kappa shape index (κ2) is 4.67. The molecule has 0 aliphatic heterocycles. The molecule has 1 aromatic rings. The van der Waals surface area contributed by atoms with Crippen LogP contribution in [-0.2, 0) is 0 Å². The van der Waals surface area contributed by atoms with Gasteiger partial charge in [0.15, 0.2) is 0 Å². The predicted octanol–water partition coefficient (Wildman–Crippen LogP) is 2.46. The predicted molar refractivity (Wildman–Crippen MR) is 56.2 cm³/mol. The van der Waals surface area contributed by atoms with Gasteiger partial charge in [-0.25, -0.2) is 0 Å². The second-order valence-corrected chi connectivity index (χ2v) is 2.64. The molecule has 1 rings (SSSR count). The van der Waals surface area contributed by atoms with Gasteiger partial charge in [-0.05, 0) is 5.56 Å². The average Bonchev–Trinajstić information content (AvgIpc) is 2.15. The van der Waals surface area contributed by atoms with Gasteiger partial charge in [-0.3, -0.25) is 0 Å². The minimum absolute atomic E-state index is 0.128. The summed E-state index contributed by atoms with van der Waals surface area (Å²) in [7, 11) is 0. The number of rotatable bonds is 4. The first-order valence-electron chi connectivity index (χ1n) is 3.75. The second-order valence-electron chi connectivity index (χ2n) is 2.41. The van der Waals surface area contributed by atoms with E-state index in [1.165, 1.54) is 11.1 Å². The molecule has 0 spiro atoms. The van der Waals surface area contributed by atoms with Gasteiger partial charge >= 0.3 is 0 Å². The molecule has 1 N–H and O–H groups in total. The van der Waals surface area contributed by atoms with Crippen molar-refractivity contribution in [2.75, 3.05) is 0 Å². The average molecular weight is 177 g/mol. The fourth-order valence-electron chi connectivity index (χ4n) is 1.03. The topological polar surface area (TPSA) is 12.0 Å². The lowest BCUT2D eigenvalue weighted by molar-refractivity contribution is 0.813. The lowest BCUT2D eigenvalue weighted by Gasteiger charge is -2.11. The van der Waals surface area contributed by atoms with Crippen molar-refractivity contribution >= 4 is 17.7 Å². The van der Waals surface area contributed by atoms with Crippen LogP contribution in [-0.4, -0.2) is 5.49 Å². The van der Waals surface area contributed by atoms with Gasteiger partial charge in [-0.2, -0.15) is 0 Å². The Morgan fingerprint density at radius 1 is 1.33 bits per heavy atom. The van der Waals surface area contributed by atoms with Crippen molar-refractivity contribution in [2.45, 2.75) is 6.04 Å². The first kappa shape index (κ1) is 8.94. The zero-order chi connectivity index (χ0) is 8.81. The molecule has 62 valence electrons. The van der Waals surface area contributed by atoms with E-state index in [4.69, 9.17) is 12.2 Å². The molecular formula is C10H11NS. The Morgan fingerprint density at radius 2 is 2.00 bits per heavy atom. The molecule has 0 saturated carbocycles. The number of thiocarbonyl (C=S) groups is 1. The Bertz CT molecular complexity index is 256. The third-order valence-corrected chi connectivity index (χ3v) is 1.78. The highest BCUT2D eigenvalue weighted by atomic mass is 32.1. The molecule has 0 aromatic heterocycles. The van der Waals surface area contributed by atoms with Gasteiger partial charge in [0.25, 0.3) is 0 Å².